The van der Waals surface area contributed by atoms with Crippen molar-refractivity contribution in [1.82, 2.24) is 0 Å². The van der Waals surface area contributed by atoms with Crippen LogP contribution in [0.25, 0.3) is 0 Å². The summed E-state index contributed by atoms with van der Waals surface area (Å²) in [4.78, 5) is 10.6. The fourth-order valence-electron chi connectivity index (χ4n) is 1.70. The van der Waals surface area contributed by atoms with Gasteiger partial charge in [0.25, 0.3) is 0 Å². The molecule has 2 heteroatoms. The summed E-state index contributed by atoms with van der Waals surface area (Å²) in [6.07, 6.45) is 1.58. The zero-order chi connectivity index (χ0) is 10.8. The first-order chi connectivity index (χ1) is 6.47. The van der Waals surface area contributed by atoms with Gasteiger partial charge in [-0.25, -0.2) is 0 Å². The molecule has 14 heavy (non-hydrogen) atoms. The maximum atomic E-state index is 10.6. The van der Waals surface area contributed by atoms with Gasteiger partial charge < -0.3 is 4.79 Å². The molecule has 1 nitrogen and oxygen atoms in total. The zero-order valence-corrected chi connectivity index (χ0v) is 11.0. The molecule has 1 rings (SSSR count). The molecule has 0 atom stereocenters. The summed E-state index contributed by atoms with van der Waals surface area (Å²) in [7, 11) is 0. The fraction of sp³-hybridized carbons (Fsp3) is 0.417. The molecule has 1 aromatic rings. The molecule has 76 valence electrons. The highest BCUT2D eigenvalue weighted by Gasteiger charge is 2.21. The standard InChI is InChI=1S/C12H15IO/c1-9-8-10(13)4-5-11(9)12(2,3)6-7-14/h4-5,7-8H,6H2,1-3H3. The van der Waals surface area contributed by atoms with Crippen molar-refractivity contribution in [2.24, 2.45) is 0 Å². The average molecular weight is 302 g/mol. The number of carbonyl (C=O) groups excluding carboxylic acids is 1. The van der Waals surface area contributed by atoms with E-state index in [1.807, 2.05) is 0 Å². The number of hydrogen-bond acceptors (Lipinski definition) is 1. The molecule has 0 saturated carbocycles. The number of aldehydes is 1. The molecule has 0 heterocycles. The summed E-state index contributed by atoms with van der Waals surface area (Å²) in [6.45, 7) is 6.32. The lowest BCUT2D eigenvalue weighted by molar-refractivity contribution is -0.108. The van der Waals surface area contributed by atoms with Gasteiger partial charge in [-0.2, -0.15) is 0 Å². The number of aryl methyl sites for hydroxylation is 1. The number of benzene rings is 1. The van der Waals surface area contributed by atoms with Crippen molar-refractivity contribution < 1.29 is 4.79 Å². The molecule has 0 aromatic heterocycles. The van der Waals surface area contributed by atoms with Crippen LogP contribution in [-0.4, -0.2) is 6.29 Å². The highest BCUT2D eigenvalue weighted by atomic mass is 127. The second-order valence-electron chi connectivity index (χ2n) is 4.21. The van der Waals surface area contributed by atoms with E-state index < -0.39 is 0 Å². The average Bonchev–Trinajstić information content (AvgIpc) is 2.02. The molecule has 0 N–H and O–H groups in total. The predicted molar refractivity (Wildman–Crippen MR) is 67.6 cm³/mol. The lowest BCUT2D eigenvalue weighted by Crippen LogP contribution is -2.19. The van der Waals surface area contributed by atoms with Gasteiger partial charge in [-0.05, 0) is 58.2 Å². The lowest BCUT2D eigenvalue weighted by Gasteiger charge is -2.24. The van der Waals surface area contributed by atoms with Crippen molar-refractivity contribution in [3.05, 3.63) is 32.9 Å². The normalized spacial score (nSPS) is 11.4. The summed E-state index contributed by atoms with van der Waals surface area (Å²) in [5.74, 6) is 0. The Labute approximate surface area is 99.0 Å². The van der Waals surface area contributed by atoms with Gasteiger partial charge in [-0.3, -0.25) is 0 Å². The minimum Gasteiger partial charge on any atom is -0.303 e. The van der Waals surface area contributed by atoms with E-state index in [9.17, 15) is 4.79 Å². The molecule has 0 saturated heterocycles. The summed E-state index contributed by atoms with van der Waals surface area (Å²) in [5.41, 5.74) is 2.49. The maximum Gasteiger partial charge on any atom is 0.120 e. The topological polar surface area (TPSA) is 17.1 Å². The van der Waals surface area contributed by atoms with E-state index >= 15 is 0 Å². The van der Waals surface area contributed by atoms with E-state index in [1.165, 1.54) is 14.7 Å². The van der Waals surface area contributed by atoms with Crippen LogP contribution in [0.1, 0.15) is 31.4 Å². The molecule has 0 aliphatic carbocycles. The third kappa shape index (κ3) is 2.56. The van der Waals surface area contributed by atoms with Crippen molar-refractivity contribution in [3.63, 3.8) is 0 Å². The van der Waals surface area contributed by atoms with Crippen molar-refractivity contribution in [2.45, 2.75) is 32.6 Å². The second-order valence-corrected chi connectivity index (χ2v) is 5.46. The van der Waals surface area contributed by atoms with Gasteiger partial charge in [0.15, 0.2) is 0 Å². The lowest BCUT2D eigenvalue weighted by atomic mass is 9.80. The fourth-order valence-corrected chi connectivity index (χ4v) is 2.35. The SMILES string of the molecule is Cc1cc(I)ccc1C(C)(C)CC=O. The number of halogens is 1. The first-order valence-electron chi connectivity index (χ1n) is 4.67. The quantitative estimate of drug-likeness (QED) is 0.617. The van der Waals surface area contributed by atoms with Gasteiger partial charge in [0.2, 0.25) is 0 Å². The second kappa shape index (κ2) is 4.43. The summed E-state index contributed by atoms with van der Waals surface area (Å²) < 4.78 is 1.24. The van der Waals surface area contributed by atoms with E-state index in [0.717, 1.165) is 6.29 Å². The van der Waals surface area contributed by atoms with Crippen LogP contribution in [-0.2, 0) is 10.2 Å². The Morgan fingerprint density at radius 2 is 2.07 bits per heavy atom. The first-order valence-corrected chi connectivity index (χ1v) is 5.75. The Balaban J connectivity index is 3.12. The predicted octanol–water partition coefficient (Wildman–Crippen LogP) is 3.47. The molecule has 0 radical (unpaired) electrons. The smallest absolute Gasteiger partial charge is 0.120 e. The molecular weight excluding hydrogens is 287 g/mol. The van der Waals surface area contributed by atoms with Crippen LogP contribution in [0, 0.1) is 10.5 Å². The number of carbonyl (C=O) groups is 1. The Morgan fingerprint density at radius 3 is 2.57 bits per heavy atom. The summed E-state index contributed by atoms with van der Waals surface area (Å²) in [5, 5.41) is 0. The minimum atomic E-state index is -0.0455. The van der Waals surface area contributed by atoms with Gasteiger partial charge in [0.1, 0.15) is 6.29 Å². The number of rotatable bonds is 3. The molecule has 0 unspecified atom stereocenters. The highest BCUT2D eigenvalue weighted by molar-refractivity contribution is 14.1. The van der Waals surface area contributed by atoms with E-state index in [-0.39, 0.29) is 5.41 Å². The summed E-state index contributed by atoms with van der Waals surface area (Å²) in [6, 6.07) is 6.37. The molecule has 0 spiro atoms. The highest BCUT2D eigenvalue weighted by Crippen LogP contribution is 2.29. The van der Waals surface area contributed by atoms with Crippen molar-refractivity contribution in [3.8, 4) is 0 Å². The van der Waals surface area contributed by atoms with E-state index in [4.69, 9.17) is 0 Å². The Kier molecular flexibility index (Phi) is 3.70. The van der Waals surface area contributed by atoms with Crippen molar-refractivity contribution in [2.75, 3.05) is 0 Å². The van der Waals surface area contributed by atoms with Crippen LogP contribution in [0.2, 0.25) is 0 Å². The van der Waals surface area contributed by atoms with Gasteiger partial charge in [-0.15, -0.1) is 0 Å². The van der Waals surface area contributed by atoms with E-state index in [2.05, 4.69) is 61.6 Å². The minimum absolute atomic E-state index is 0.0455. The molecule has 0 aliphatic heterocycles. The Hall–Kier alpha value is -0.380. The van der Waals surface area contributed by atoms with Crippen LogP contribution >= 0.6 is 22.6 Å². The van der Waals surface area contributed by atoms with Crippen molar-refractivity contribution in [1.29, 1.82) is 0 Å². The molecule has 0 aliphatic rings. The van der Waals surface area contributed by atoms with Crippen LogP contribution in [0.3, 0.4) is 0 Å². The van der Waals surface area contributed by atoms with Gasteiger partial charge in [-0.1, -0.05) is 19.9 Å². The molecule has 0 amide bonds. The monoisotopic (exact) mass is 302 g/mol. The molecule has 1 aromatic carbocycles. The van der Waals surface area contributed by atoms with Crippen LogP contribution < -0.4 is 0 Å². The van der Waals surface area contributed by atoms with Crippen LogP contribution in [0.15, 0.2) is 18.2 Å². The molecular formula is C12H15IO. The maximum absolute atomic E-state index is 10.6. The Bertz CT molecular complexity index is 342. The first kappa shape index (κ1) is 11.7. The summed E-state index contributed by atoms with van der Waals surface area (Å²) >= 11 is 2.30. The van der Waals surface area contributed by atoms with Crippen LogP contribution in [0.4, 0.5) is 0 Å². The molecule has 0 fully saturated rings. The zero-order valence-electron chi connectivity index (χ0n) is 8.80. The third-order valence-corrected chi connectivity index (χ3v) is 3.18. The van der Waals surface area contributed by atoms with E-state index in [0.29, 0.717) is 6.42 Å². The van der Waals surface area contributed by atoms with E-state index in [1.54, 1.807) is 0 Å². The van der Waals surface area contributed by atoms with Gasteiger partial charge >= 0.3 is 0 Å². The van der Waals surface area contributed by atoms with Crippen molar-refractivity contribution >= 4 is 28.9 Å². The third-order valence-electron chi connectivity index (χ3n) is 2.51. The molecule has 0 bridgehead atoms. The Morgan fingerprint density at radius 1 is 1.43 bits per heavy atom. The largest absolute Gasteiger partial charge is 0.303 e. The van der Waals surface area contributed by atoms with Gasteiger partial charge in [0, 0.05) is 9.99 Å². The van der Waals surface area contributed by atoms with Gasteiger partial charge in [0.05, 0.1) is 0 Å². The number of hydrogen-bond donors (Lipinski definition) is 0. The van der Waals surface area contributed by atoms with Crippen LogP contribution in [0.5, 0.6) is 0 Å².